The lowest BCUT2D eigenvalue weighted by Gasteiger charge is -2.28. The summed E-state index contributed by atoms with van der Waals surface area (Å²) in [5.74, 6) is -1.16. The Morgan fingerprint density at radius 2 is 2.19 bits per heavy atom. The number of benzene rings is 1. The minimum Gasteiger partial charge on any atom is -0.481 e. The van der Waals surface area contributed by atoms with Crippen LogP contribution in [0.15, 0.2) is 24.3 Å². The Kier molecular flexibility index (Phi) is 3.68. The van der Waals surface area contributed by atoms with Crippen LogP contribution in [0.5, 0.6) is 0 Å². The first-order chi connectivity index (χ1) is 10.1. The Hall–Kier alpha value is -1.88. The van der Waals surface area contributed by atoms with E-state index < -0.39 is 11.5 Å². The van der Waals surface area contributed by atoms with Crippen LogP contribution in [0.3, 0.4) is 0 Å². The number of carboxylic acid groups (broad SMARTS) is 1. The molecule has 0 radical (unpaired) electrons. The second-order valence-electron chi connectivity index (χ2n) is 5.93. The summed E-state index contributed by atoms with van der Waals surface area (Å²) in [7, 11) is 0. The van der Waals surface area contributed by atoms with Crippen molar-refractivity contribution in [2.75, 3.05) is 13.2 Å². The van der Waals surface area contributed by atoms with Gasteiger partial charge in [-0.2, -0.15) is 0 Å². The van der Waals surface area contributed by atoms with Crippen LogP contribution in [0.4, 0.5) is 0 Å². The zero-order chi connectivity index (χ0) is 14.9. The molecule has 1 heterocycles. The second-order valence-corrected chi connectivity index (χ2v) is 5.93. The summed E-state index contributed by atoms with van der Waals surface area (Å²) in [5.41, 5.74) is 1.53. The molecule has 0 spiro atoms. The molecule has 1 aromatic rings. The fourth-order valence-corrected chi connectivity index (χ4v) is 3.36. The summed E-state index contributed by atoms with van der Waals surface area (Å²) in [6.45, 7) is 0.772. The topological polar surface area (TPSA) is 75.6 Å². The van der Waals surface area contributed by atoms with Gasteiger partial charge in [-0.1, -0.05) is 24.3 Å². The number of rotatable bonds is 4. The van der Waals surface area contributed by atoms with Crippen molar-refractivity contribution in [1.29, 1.82) is 0 Å². The maximum atomic E-state index is 12.6. The number of hydrogen-bond acceptors (Lipinski definition) is 3. The third-order valence-corrected chi connectivity index (χ3v) is 4.43. The van der Waals surface area contributed by atoms with Gasteiger partial charge in [-0.25, -0.2) is 0 Å². The Bertz CT molecular complexity index is 563. The molecular formula is C16H19NO4. The van der Waals surface area contributed by atoms with Gasteiger partial charge in [0.15, 0.2) is 0 Å². The van der Waals surface area contributed by atoms with Gasteiger partial charge in [-0.05, 0) is 30.4 Å². The Labute approximate surface area is 123 Å². The highest BCUT2D eigenvalue weighted by atomic mass is 16.5. The zero-order valence-corrected chi connectivity index (χ0v) is 11.8. The van der Waals surface area contributed by atoms with Gasteiger partial charge in [0.25, 0.3) is 0 Å². The van der Waals surface area contributed by atoms with Gasteiger partial charge in [0.2, 0.25) is 5.91 Å². The van der Waals surface area contributed by atoms with E-state index in [2.05, 4.69) is 5.32 Å². The summed E-state index contributed by atoms with van der Waals surface area (Å²) in [6, 6.07) is 7.96. The first kappa shape index (κ1) is 14.1. The number of carboxylic acids is 1. The highest BCUT2D eigenvalue weighted by Crippen LogP contribution is 2.34. The van der Waals surface area contributed by atoms with E-state index in [0.29, 0.717) is 13.0 Å². The molecule has 1 aliphatic carbocycles. The summed E-state index contributed by atoms with van der Waals surface area (Å²) in [6.07, 6.45) is 2.15. The van der Waals surface area contributed by atoms with Crippen molar-refractivity contribution in [2.45, 2.75) is 37.1 Å². The van der Waals surface area contributed by atoms with E-state index >= 15 is 0 Å². The van der Waals surface area contributed by atoms with Crippen molar-refractivity contribution in [3.8, 4) is 0 Å². The molecule has 2 aliphatic rings. The minimum atomic E-state index is -0.910. The molecule has 2 N–H and O–H groups in total. The maximum Gasteiger partial charge on any atom is 0.305 e. The molecule has 112 valence electrons. The quantitative estimate of drug-likeness (QED) is 0.880. The van der Waals surface area contributed by atoms with Gasteiger partial charge < -0.3 is 15.2 Å². The van der Waals surface area contributed by atoms with Gasteiger partial charge >= 0.3 is 5.97 Å². The first-order valence-electron chi connectivity index (χ1n) is 7.29. The number of carbonyl (C=O) groups is 2. The highest BCUT2D eigenvalue weighted by molar-refractivity contribution is 5.86. The number of ether oxygens (including phenoxy) is 1. The van der Waals surface area contributed by atoms with E-state index in [9.17, 15) is 9.59 Å². The SMILES string of the molecule is O=C(O)CC1(NC(=O)C2CCc3ccccc32)CCOC1. The number of aliphatic carboxylic acids is 1. The third-order valence-electron chi connectivity index (χ3n) is 4.43. The average Bonchev–Trinajstić information content (AvgIpc) is 3.04. The predicted molar refractivity (Wildman–Crippen MR) is 76.1 cm³/mol. The Morgan fingerprint density at radius 3 is 2.90 bits per heavy atom. The van der Waals surface area contributed by atoms with Crippen LogP contribution >= 0.6 is 0 Å². The smallest absolute Gasteiger partial charge is 0.305 e. The van der Waals surface area contributed by atoms with E-state index in [1.807, 2.05) is 24.3 Å². The Balaban J connectivity index is 1.75. The fraction of sp³-hybridized carbons (Fsp3) is 0.500. The van der Waals surface area contributed by atoms with Crippen LogP contribution in [0.1, 0.15) is 36.3 Å². The van der Waals surface area contributed by atoms with Crippen LogP contribution < -0.4 is 5.32 Å². The molecule has 0 saturated carbocycles. The van der Waals surface area contributed by atoms with Gasteiger partial charge in [0.05, 0.1) is 24.5 Å². The number of aryl methyl sites for hydroxylation is 1. The van der Waals surface area contributed by atoms with E-state index in [0.717, 1.165) is 18.4 Å². The van der Waals surface area contributed by atoms with Crippen molar-refractivity contribution in [1.82, 2.24) is 5.32 Å². The van der Waals surface area contributed by atoms with Crippen molar-refractivity contribution in [3.05, 3.63) is 35.4 Å². The van der Waals surface area contributed by atoms with Crippen molar-refractivity contribution in [3.63, 3.8) is 0 Å². The lowest BCUT2D eigenvalue weighted by molar-refractivity contribution is -0.139. The molecule has 3 rings (SSSR count). The number of carbonyl (C=O) groups excluding carboxylic acids is 1. The lowest BCUT2D eigenvalue weighted by Crippen LogP contribution is -2.51. The molecule has 1 aromatic carbocycles. The summed E-state index contributed by atoms with van der Waals surface area (Å²) in [4.78, 5) is 23.6. The van der Waals surface area contributed by atoms with Crippen LogP contribution in [0, 0.1) is 0 Å². The largest absolute Gasteiger partial charge is 0.481 e. The van der Waals surface area contributed by atoms with Gasteiger partial charge in [0, 0.05) is 6.61 Å². The average molecular weight is 289 g/mol. The van der Waals surface area contributed by atoms with Gasteiger partial charge in [-0.3, -0.25) is 9.59 Å². The lowest BCUT2D eigenvalue weighted by atomic mass is 9.92. The number of hydrogen-bond donors (Lipinski definition) is 2. The van der Waals surface area contributed by atoms with Crippen LogP contribution in [0.2, 0.25) is 0 Å². The van der Waals surface area contributed by atoms with Crippen LogP contribution in [-0.2, 0) is 20.7 Å². The van der Waals surface area contributed by atoms with E-state index in [-0.39, 0.29) is 24.9 Å². The summed E-state index contributed by atoms with van der Waals surface area (Å²) < 4.78 is 5.32. The zero-order valence-electron chi connectivity index (χ0n) is 11.8. The molecule has 1 saturated heterocycles. The van der Waals surface area contributed by atoms with E-state index in [1.165, 1.54) is 5.56 Å². The number of amides is 1. The first-order valence-corrected chi connectivity index (χ1v) is 7.29. The summed E-state index contributed by atoms with van der Waals surface area (Å²) >= 11 is 0. The second kappa shape index (κ2) is 5.48. The Morgan fingerprint density at radius 1 is 1.38 bits per heavy atom. The molecule has 0 bridgehead atoms. The third kappa shape index (κ3) is 2.78. The van der Waals surface area contributed by atoms with Crippen LogP contribution in [0.25, 0.3) is 0 Å². The predicted octanol–water partition coefficient (Wildman–Crippen LogP) is 1.47. The molecule has 0 aromatic heterocycles. The molecule has 2 atom stereocenters. The molecule has 5 nitrogen and oxygen atoms in total. The van der Waals surface area contributed by atoms with Gasteiger partial charge in [-0.15, -0.1) is 0 Å². The monoisotopic (exact) mass is 289 g/mol. The highest BCUT2D eigenvalue weighted by Gasteiger charge is 2.41. The molecule has 1 fully saturated rings. The molecule has 5 heteroatoms. The van der Waals surface area contributed by atoms with Crippen molar-refractivity contribution < 1.29 is 19.4 Å². The molecular weight excluding hydrogens is 270 g/mol. The van der Waals surface area contributed by atoms with Crippen molar-refractivity contribution in [2.24, 2.45) is 0 Å². The van der Waals surface area contributed by atoms with E-state index in [1.54, 1.807) is 0 Å². The molecule has 21 heavy (non-hydrogen) atoms. The maximum absolute atomic E-state index is 12.6. The number of nitrogens with one attached hydrogen (secondary N) is 1. The minimum absolute atomic E-state index is 0.0771. The van der Waals surface area contributed by atoms with Gasteiger partial charge in [0.1, 0.15) is 0 Å². The normalized spacial score (nSPS) is 27.3. The number of fused-ring (bicyclic) bond motifs is 1. The molecule has 1 aliphatic heterocycles. The van der Waals surface area contributed by atoms with Crippen LogP contribution in [-0.4, -0.2) is 35.7 Å². The summed E-state index contributed by atoms with van der Waals surface area (Å²) in [5, 5.41) is 12.0. The standard InChI is InChI=1S/C16H19NO4/c18-14(19)9-16(7-8-21-10-16)17-15(20)13-6-5-11-3-1-2-4-12(11)13/h1-4,13H,5-10H2,(H,17,20)(H,18,19). The molecule has 2 unspecified atom stereocenters. The van der Waals surface area contributed by atoms with E-state index in [4.69, 9.17) is 9.84 Å². The fourth-order valence-electron chi connectivity index (χ4n) is 3.36. The molecule has 1 amide bonds. The van der Waals surface area contributed by atoms with Crippen molar-refractivity contribution >= 4 is 11.9 Å².